The lowest BCUT2D eigenvalue weighted by molar-refractivity contribution is -0.146. The molecule has 0 bridgehead atoms. The first kappa shape index (κ1) is 18.3. The molecule has 154 valence electrons. The number of fused-ring (bicyclic) bond motifs is 2. The van der Waals surface area contributed by atoms with Crippen molar-refractivity contribution in [3.8, 4) is 0 Å². The van der Waals surface area contributed by atoms with Crippen LogP contribution >= 0.6 is 0 Å². The van der Waals surface area contributed by atoms with Crippen molar-refractivity contribution >= 4 is 11.5 Å². The molecule has 0 aliphatic carbocycles. The van der Waals surface area contributed by atoms with E-state index in [0.29, 0.717) is 12.4 Å². The SMILES string of the molecule is FC(F)(F)c1nnc2ccc(N3CCC[C@H](c4nnc5n4CCCCC5)C3)nn12. The van der Waals surface area contributed by atoms with Crippen LogP contribution in [0.15, 0.2) is 12.1 Å². The maximum absolute atomic E-state index is 13.2. The van der Waals surface area contributed by atoms with E-state index in [9.17, 15) is 13.2 Å². The van der Waals surface area contributed by atoms with E-state index in [1.54, 1.807) is 6.07 Å². The van der Waals surface area contributed by atoms with Gasteiger partial charge in [-0.1, -0.05) is 6.42 Å². The summed E-state index contributed by atoms with van der Waals surface area (Å²) in [6, 6.07) is 3.23. The summed E-state index contributed by atoms with van der Waals surface area (Å²) in [7, 11) is 0. The molecule has 0 amide bonds. The van der Waals surface area contributed by atoms with Gasteiger partial charge in [0.1, 0.15) is 17.5 Å². The summed E-state index contributed by atoms with van der Waals surface area (Å²) >= 11 is 0. The average Bonchev–Trinajstić information content (AvgIpc) is 3.25. The molecule has 3 aromatic rings. The van der Waals surface area contributed by atoms with Gasteiger partial charge in [-0.15, -0.1) is 25.5 Å². The van der Waals surface area contributed by atoms with Crippen LogP contribution in [0, 0.1) is 0 Å². The molecule has 1 saturated heterocycles. The molecule has 0 spiro atoms. The Labute approximate surface area is 164 Å². The molecule has 8 nitrogen and oxygen atoms in total. The Morgan fingerprint density at radius 2 is 1.83 bits per heavy atom. The zero-order chi connectivity index (χ0) is 20.0. The van der Waals surface area contributed by atoms with E-state index in [-0.39, 0.29) is 11.6 Å². The summed E-state index contributed by atoms with van der Waals surface area (Å²) in [5.41, 5.74) is 0.0809. The van der Waals surface area contributed by atoms with Crippen molar-refractivity contribution < 1.29 is 13.2 Å². The standard InChI is InChI=1S/C18H21F3N8/c19-18(20,21)17-25-23-14-7-8-15(26-29(14)17)27-9-4-5-12(11-27)16-24-22-13-6-2-1-3-10-28(13)16/h7-8,12H,1-6,9-11H2/t12-/m0/s1. The van der Waals surface area contributed by atoms with Gasteiger partial charge in [-0.3, -0.25) is 0 Å². The number of aromatic nitrogens is 7. The van der Waals surface area contributed by atoms with Gasteiger partial charge < -0.3 is 9.47 Å². The van der Waals surface area contributed by atoms with Gasteiger partial charge in [0.05, 0.1) is 0 Å². The van der Waals surface area contributed by atoms with Crippen molar-refractivity contribution in [2.75, 3.05) is 18.0 Å². The predicted octanol–water partition coefficient (Wildman–Crippen LogP) is 2.85. The Balaban J connectivity index is 1.43. The minimum Gasteiger partial charge on any atom is -0.354 e. The van der Waals surface area contributed by atoms with Gasteiger partial charge in [0.25, 0.3) is 5.82 Å². The van der Waals surface area contributed by atoms with Crippen LogP contribution in [0.3, 0.4) is 0 Å². The predicted molar refractivity (Wildman–Crippen MR) is 97.5 cm³/mol. The summed E-state index contributed by atoms with van der Waals surface area (Å²) in [5, 5.41) is 19.9. The van der Waals surface area contributed by atoms with E-state index >= 15 is 0 Å². The van der Waals surface area contributed by atoms with Gasteiger partial charge in [-0.25, -0.2) is 0 Å². The molecule has 0 saturated carbocycles. The second kappa shape index (κ2) is 6.96. The van der Waals surface area contributed by atoms with Crippen molar-refractivity contribution in [2.45, 2.75) is 57.2 Å². The van der Waals surface area contributed by atoms with Crippen LogP contribution in [-0.2, 0) is 19.1 Å². The third-order valence-corrected chi connectivity index (χ3v) is 5.75. The van der Waals surface area contributed by atoms with Crippen LogP contribution < -0.4 is 4.90 Å². The number of aryl methyl sites for hydroxylation is 1. The maximum atomic E-state index is 13.2. The molecular weight excluding hydrogens is 385 g/mol. The fourth-order valence-corrected chi connectivity index (χ4v) is 4.33. The van der Waals surface area contributed by atoms with Crippen LogP contribution in [0.5, 0.6) is 0 Å². The first-order valence-electron chi connectivity index (χ1n) is 9.97. The normalized spacial score (nSPS) is 20.7. The molecule has 5 rings (SSSR count). The largest absolute Gasteiger partial charge is 0.453 e. The second-order valence-electron chi connectivity index (χ2n) is 7.70. The molecule has 11 heteroatoms. The van der Waals surface area contributed by atoms with E-state index in [1.807, 2.05) is 4.90 Å². The lowest BCUT2D eigenvalue weighted by Crippen LogP contribution is -2.36. The first-order valence-corrected chi connectivity index (χ1v) is 9.97. The highest BCUT2D eigenvalue weighted by atomic mass is 19.4. The monoisotopic (exact) mass is 406 g/mol. The van der Waals surface area contributed by atoms with Crippen LogP contribution in [0.2, 0.25) is 0 Å². The number of rotatable bonds is 2. The zero-order valence-corrected chi connectivity index (χ0v) is 15.8. The van der Waals surface area contributed by atoms with Gasteiger partial charge >= 0.3 is 6.18 Å². The number of halogens is 3. The molecule has 0 unspecified atom stereocenters. The van der Waals surface area contributed by atoms with E-state index in [4.69, 9.17) is 0 Å². The summed E-state index contributed by atoms with van der Waals surface area (Å²) < 4.78 is 42.5. The van der Waals surface area contributed by atoms with E-state index in [0.717, 1.165) is 61.4 Å². The van der Waals surface area contributed by atoms with Crippen molar-refractivity contribution in [1.29, 1.82) is 0 Å². The lowest BCUT2D eigenvalue weighted by atomic mass is 9.97. The second-order valence-corrected chi connectivity index (χ2v) is 7.70. The van der Waals surface area contributed by atoms with Gasteiger partial charge in [0, 0.05) is 32.0 Å². The van der Waals surface area contributed by atoms with Crippen molar-refractivity contribution in [3.05, 3.63) is 29.6 Å². The number of nitrogens with zero attached hydrogens (tertiary/aromatic N) is 8. The number of alkyl halides is 3. The highest BCUT2D eigenvalue weighted by Gasteiger charge is 2.38. The molecule has 5 heterocycles. The molecule has 0 N–H and O–H groups in total. The highest BCUT2D eigenvalue weighted by Crippen LogP contribution is 2.31. The fraction of sp³-hybridized carbons (Fsp3) is 0.611. The van der Waals surface area contributed by atoms with Gasteiger partial charge in [-0.2, -0.15) is 17.7 Å². The van der Waals surface area contributed by atoms with Crippen molar-refractivity contribution in [3.63, 3.8) is 0 Å². The Morgan fingerprint density at radius 3 is 2.69 bits per heavy atom. The van der Waals surface area contributed by atoms with E-state index < -0.39 is 12.0 Å². The lowest BCUT2D eigenvalue weighted by Gasteiger charge is -2.33. The number of hydrogen-bond donors (Lipinski definition) is 0. The maximum Gasteiger partial charge on any atom is 0.453 e. The molecule has 0 radical (unpaired) electrons. The smallest absolute Gasteiger partial charge is 0.354 e. The molecule has 0 aromatic carbocycles. The summed E-state index contributed by atoms with van der Waals surface area (Å²) in [4.78, 5) is 2.02. The van der Waals surface area contributed by atoms with Crippen LogP contribution in [0.25, 0.3) is 5.65 Å². The minimum atomic E-state index is -4.60. The number of piperidine rings is 1. The summed E-state index contributed by atoms with van der Waals surface area (Å²) in [5.74, 6) is 1.61. The zero-order valence-electron chi connectivity index (χ0n) is 15.8. The van der Waals surface area contributed by atoms with E-state index in [2.05, 4.69) is 30.1 Å². The summed E-state index contributed by atoms with van der Waals surface area (Å²) in [6.07, 6.45) is 1.71. The average molecular weight is 406 g/mol. The summed E-state index contributed by atoms with van der Waals surface area (Å²) in [6.45, 7) is 2.33. The van der Waals surface area contributed by atoms with Crippen molar-refractivity contribution in [2.24, 2.45) is 0 Å². The minimum absolute atomic E-state index is 0.0809. The third kappa shape index (κ3) is 3.32. The van der Waals surface area contributed by atoms with E-state index in [1.165, 1.54) is 12.5 Å². The molecule has 29 heavy (non-hydrogen) atoms. The van der Waals surface area contributed by atoms with Gasteiger partial charge in [0.2, 0.25) is 0 Å². The van der Waals surface area contributed by atoms with Gasteiger partial charge in [-0.05, 0) is 37.8 Å². The number of anilines is 1. The Hall–Kier alpha value is -2.72. The molecule has 2 aliphatic rings. The Kier molecular flexibility index (Phi) is 4.39. The van der Waals surface area contributed by atoms with Crippen molar-refractivity contribution in [1.82, 2.24) is 34.6 Å². The Morgan fingerprint density at radius 1 is 0.931 bits per heavy atom. The molecule has 1 atom stereocenters. The van der Waals surface area contributed by atoms with Crippen LogP contribution in [0.4, 0.5) is 19.0 Å². The third-order valence-electron chi connectivity index (χ3n) is 5.75. The Bertz CT molecular complexity index is 1020. The first-order chi connectivity index (χ1) is 14.0. The quantitative estimate of drug-likeness (QED) is 0.651. The molecular formula is C18H21F3N8. The molecule has 1 fully saturated rings. The topological polar surface area (TPSA) is 77.0 Å². The van der Waals surface area contributed by atoms with Crippen LogP contribution in [-0.4, -0.2) is 47.7 Å². The molecule has 2 aliphatic heterocycles. The fourth-order valence-electron chi connectivity index (χ4n) is 4.33. The van der Waals surface area contributed by atoms with Crippen LogP contribution in [0.1, 0.15) is 55.5 Å². The number of hydrogen-bond acceptors (Lipinski definition) is 6. The van der Waals surface area contributed by atoms with Gasteiger partial charge in [0.15, 0.2) is 5.65 Å². The molecule has 3 aromatic heterocycles. The highest BCUT2D eigenvalue weighted by molar-refractivity contribution is 5.46.